The number of rotatable bonds is 7. The Morgan fingerprint density at radius 1 is 1.44 bits per heavy atom. The van der Waals surface area contributed by atoms with Crippen LogP contribution in [0.3, 0.4) is 0 Å². The number of hydrogen-bond donors (Lipinski definition) is 2. The van der Waals surface area contributed by atoms with Crippen LogP contribution in [0.1, 0.15) is 26.7 Å². The topological polar surface area (TPSA) is 69.6 Å². The summed E-state index contributed by atoms with van der Waals surface area (Å²) < 4.78 is 0. The molecule has 0 fully saturated rings. The van der Waals surface area contributed by atoms with E-state index in [1.54, 1.807) is 7.05 Å². The predicted octanol–water partition coefficient (Wildman–Crippen LogP) is 1.40. The lowest BCUT2D eigenvalue weighted by atomic mass is 9.94. The summed E-state index contributed by atoms with van der Waals surface area (Å²) in [5.74, 6) is 1.88. The number of carboxylic acid groups (broad SMARTS) is 1. The zero-order valence-electron chi connectivity index (χ0n) is 11.3. The molecule has 0 radical (unpaired) electrons. The Kier molecular flexibility index (Phi) is 7.61. The van der Waals surface area contributed by atoms with Crippen LogP contribution < -0.4 is 5.32 Å². The molecule has 18 heavy (non-hydrogen) atoms. The van der Waals surface area contributed by atoms with E-state index in [2.05, 4.69) is 11.2 Å². The maximum Gasteiger partial charge on any atom is 0.317 e. The molecule has 0 aromatic heterocycles. The number of carbonyl (C=O) groups excluding carboxylic acids is 1. The van der Waals surface area contributed by atoms with Crippen molar-refractivity contribution in [2.24, 2.45) is 11.8 Å². The third-order valence-electron chi connectivity index (χ3n) is 2.49. The second-order valence-electron chi connectivity index (χ2n) is 4.84. The molecule has 0 saturated heterocycles. The number of carbonyl (C=O) groups is 2. The quantitative estimate of drug-likeness (QED) is 0.675. The van der Waals surface area contributed by atoms with E-state index in [1.807, 2.05) is 13.8 Å². The highest BCUT2D eigenvalue weighted by molar-refractivity contribution is 5.74. The molecule has 5 heteroatoms. The van der Waals surface area contributed by atoms with Gasteiger partial charge in [0.1, 0.15) is 0 Å². The van der Waals surface area contributed by atoms with Gasteiger partial charge in [0.15, 0.2) is 0 Å². The highest BCUT2D eigenvalue weighted by Crippen LogP contribution is 2.14. The average molecular weight is 254 g/mol. The number of urea groups is 1. The summed E-state index contributed by atoms with van der Waals surface area (Å²) in [5, 5.41) is 11.5. The van der Waals surface area contributed by atoms with Crippen LogP contribution in [0.5, 0.6) is 0 Å². The number of carboxylic acids is 1. The van der Waals surface area contributed by atoms with Crippen molar-refractivity contribution in [2.45, 2.75) is 26.7 Å². The summed E-state index contributed by atoms with van der Waals surface area (Å²) in [7, 11) is 1.60. The number of aliphatic carboxylic acids is 1. The van der Waals surface area contributed by atoms with Crippen molar-refractivity contribution in [2.75, 3.05) is 20.1 Å². The normalized spacial score (nSPS) is 11.7. The molecule has 0 spiro atoms. The summed E-state index contributed by atoms with van der Waals surface area (Å²) >= 11 is 0. The van der Waals surface area contributed by atoms with E-state index >= 15 is 0 Å². The van der Waals surface area contributed by atoms with Crippen LogP contribution in [0.4, 0.5) is 4.79 Å². The molecule has 0 aliphatic heterocycles. The minimum atomic E-state index is -0.841. The minimum Gasteiger partial charge on any atom is -0.481 e. The summed E-state index contributed by atoms with van der Waals surface area (Å²) in [6.45, 7) is 4.65. The molecule has 0 rings (SSSR count). The smallest absolute Gasteiger partial charge is 0.317 e. The Morgan fingerprint density at radius 3 is 2.50 bits per heavy atom. The van der Waals surface area contributed by atoms with Gasteiger partial charge in [0.25, 0.3) is 0 Å². The van der Waals surface area contributed by atoms with E-state index in [4.69, 9.17) is 11.5 Å². The number of hydrogen-bond acceptors (Lipinski definition) is 2. The van der Waals surface area contributed by atoms with Crippen molar-refractivity contribution in [3.63, 3.8) is 0 Å². The van der Waals surface area contributed by atoms with Crippen molar-refractivity contribution in [1.29, 1.82) is 0 Å². The van der Waals surface area contributed by atoms with Gasteiger partial charge in [0, 0.05) is 20.0 Å². The molecule has 5 nitrogen and oxygen atoms in total. The number of terminal acetylenes is 1. The monoisotopic (exact) mass is 254 g/mol. The average Bonchev–Trinajstić information content (AvgIpc) is 2.24. The molecule has 0 aromatic carbocycles. The summed E-state index contributed by atoms with van der Waals surface area (Å²) in [5.41, 5.74) is 0. The van der Waals surface area contributed by atoms with Crippen LogP contribution in [-0.4, -0.2) is 42.1 Å². The Labute approximate surface area is 109 Å². The van der Waals surface area contributed by atoms with Crippen LogP contribution in [0.2, 0.25) is 0 Å². The fourth-order valence-electron chi connectivity index (χ4n) is 1.73. The molecular formula is C13H22N2O3. The largest absolute Gasteiger partial charge is 0.481 e. The lowest BCUT2D eigenvalue weighted by Crippen LogP contribution is -2.40. The summed E-state index contributed by atoms with van der Waals surface area (Å²) in [6, 6.07) is -0.271. The van der Waals surface area contributed by atoms with Gasteiger partial charge in [-0.25, -0.2) is 4.79 Å². The Morgan fingerprint density at radius 2 is 2.06 bits per heavy atom. The van der Waals surface area contributed by atoms with Crippen LogP contribution >= 0.6 is 0 Å². The summed E-state index contributed by atoms with van der Waals surface area (Å²) in [6.07, 6.45) is 5.94. The fourth-order valence-corrected chi connectivity index (χ4v) is 1.73. The zero-order valence-corrected chi connectivity index (χ0v) is 11.3. The van der Waals surface area contributed by atoms with E-state index in [9.17, 15) is 9.59 Å². The Balaban J connectivity index is 4.21. The first-order chi connectivity index (χ1) is 8.36. The zero-order chi connectivity index (χ0) is 14.1. The van der Waals surface area contributed by atoms with Crippen LogP contribution in [0, 0.1) is 24.2 Å². The molecular weight excluding hydrogens is 232 g/mol. The third-order valence-corrected chi connectivity index (χ3v) is 2.49. The standard InChI is InChI=1S/C13H22N2O3/c1-5-6-15(4)13(18)14-9-11(7-10(2)3)8-12(16)17/h1,10-11H,6-9H2,2-4H3,(H,14,18)(H,16,17)/t11-/m0/s1. The predicted molar refractivity (Wildman–Crippen MR) is 70.1 cm³/mol. The molecule has 2 N–H and O–H groups in total. The maximum absolute atomic E-state index is 11.6. The van der Waals surface area contributed by atoms with E-state index in [0.29, 0.717) is 12.5 Å². The van der Waals surface area contributed by atoms with Crippen LogP contribution in [0.25, 0.3) is 0 Å². The lowest BCUT2D eigenvalue weighted by Gasteiger charge is -2.20. The highest BCUT2D eigenvalue weighted by atomic mass is 16.4. The molecule has 0 bridgehead atoms. The first-order valence-corrected chi connectivity index (χ1v) is 6.01. The minimum absolute atomic E-state index is 0.0503. The first-order valence-electron chi connectivity index (χ1n) is 6.01. The molecule has 0 heterocycles. The van der Waals surface area contributed by atoms with Crippen LogP contribution in [0.15, 0.2) is 0 Å². The van der Waals surface area contributed by atoms with Gasteiger partial charge >= 0.3 is 12.0 Å². The fraction of sp³-hybridized carbons (Fsp3) is 0.692. The molecule has 2 amide bonds. The molecule has 0 unspecified atom stereocenters. The SMILES string of the molecule is C#CCN(C)C(=O)NC[C@H](CC(=O)O)CC(C)C. The van der Waals surface area contributed by atoms with E-state index < -0.39 is 5.97 Å². The highest BCUT2D eigenvalue weighted by Gasteiger charge is 2.16. The second kappa shape index (κ2) is 8.40. The van der Waals surface area contributed by atoms with Crippen molar-refractivity contribution < 1.29 is 14.7 Å². The van der Waals surface area contributed by atoms with Gasteiger partial charge in [0.05, 0.1) is 6.54 Å². The van der Waals surface area contributed by atoms with Gasteiger partial charge in [-0.2, -0.15) is 0 Å². The molecule has 0 saturated carbocycles. The third kappa shape index (κ3) is 7.55. The molecule has 102 valence electrons. The maximum atomic E-state index is 11.6. The molecule has 0 aliphatic rings. The Bertz CT molecular complexity index is 321. The van der Waals surface area contributed by atoms with Gasteiger partial charge in [-0.3, -0.25) is 4.79 Å². The molecule has 0 aliphatic carbocycles. The number of amides is 2. The van der Waals surface area contributed by atoms with Gasteiger partial charge < -0.3 is 15.3 Å². The number of nitrogens with one attached hydrogen (secondary N) is 1. The van der Waals surface area contributed by atoms with E-state index in [1.165, 1.54) is 4.90 Å². The van der Waals surface area contributed by atoms with E-state index in [0.717, 1.165) is 6.42 Å². The first kappa shape index (κ1) is 16.3. The van der Waals surface area contributed by atoms with Gasteiger partial charge in [-0.05, 0) is 18.3 Å². The van der Waals surface area contributed by atoms with Crippen molar-refractivity contribution in [1.82, 2.24) is 10.2 Å². The van der Waals surface area contributed by atoms with Crippen LogP contribution in [-0.2, 0) is 4.79 Å². The van der Waals surface area contributed by atoms with Crippen molar-refractivity contribution >= 4 is 12.0 Å². The lowest BCUT2D eigenvalue weighted by molar-refractivity contribution is -0.138. The molecule has 1 atom stereocenters. The van der Waals surface area contributed by atoms with E-state index in [-0.39, 0.29) is 24.9 Å². The van der Waals surface area contributed by atoms with Crippen molar-refractivity contribution in [3.8, 4) is 12.3 Å². The second-order valence-corrected chi connectivity index (χ2v) is 4.84. The van der Waals surface area contributed by atoms with Gasteiger partial charge in [-0.15, -0.1) is 6.42 Å². The Hall–Kier alpha value is -1.70. The number of nitrogens with zero attached hydrogens (tertiary/aromatic N) is 1. The van der Waals surface area contributed by atoms with Crippen molar-refractivity contribution in [3.05, 3.63) is 0 Å². The van der Waals surface area contributed by atoms with Gasteiger partial charge in [0.2, 0.25) is 0 Å². The molecule has 0 aromatic rings. The van der Waals surface area contributed by atoms with Gasteiger partial charge in [-0.1, -0.05) is 19.8 Å². The summed E-state index contributed by atoms with van der Waals surface area (Å²) in [4.78, 5) is 23.7.